The van der Waals surface area contributed by atoms with Gasteiger partial charge in [-0.3, -0.25) is 0 Å². The molecule has 0 bridgehead atoms. The van der Waals surface area contributed by atoms with Gasteiger partial charge in [0, 0.05) is 0 Å². The number of rotatable bonds is 2. The van der Waals surface area contributed by atoms with Crippen LogP contribution in [-0.2, 0) is 0 Å². The second-order valence-electron chi connectivity index (χ2n) is 4.48. The maximum absolute atomic E-state index is 11.0. The van der Waals surface area contributed by atoms with E-state index in [9.17, 15) is 4.79 Å². The quantitative estimate of drug-likeness (QED) is 0.830. The van der Waals surface area contributed by atoms with Gasteiger partial charge in [0.1, 0.15) is 4.88 Å². The van der Waals surface area contributed by atoms with E-state index in [4.69, 9.17) is 5.11 Å². The molecule has 0 aliphatic heterocycles. The van der Waals surface area contributed by atoms with Crippen molar-refractivity contribution in [1.82, 2.24) is 0 Å². The van der Waals surface area contributed by atoms with Gasteiger partial charge in [0.2, 0.25) is 0 Å². The van der Waals surface area contributed by atoms with Crippen molar-refractivity contribution in [3.8, 4) is 0 Å². The minimum atomic E-state index is -0.766. The van der Waals surface area contributed by atoms with Gasteiger partial charge >= 0.3 is 5.97 Å². The molecular formula is C12H16O2S. The van der Waals surface area contributed by atoms with Crippen LogP contribution < -0.4 is 0 Å². The summed E-state index contributed by atoms with van der Waals surface area (Å²) in [5, 5.41) is 11.0. The molecule has 3 heteroatoms. The van der Waals surface area contributed by atoms with Crippen molar-refractivity contribution in [2.75, 3.05) is 0 Å². The second kappa shape index (κ2) is 4.35. The lowest BCUT2D eigenvalue weighted by Gasteiger charge is -2.26. The highest BCUT2D eigenvalue weighted by Crippen LogP contribution is 2.38. The Balaban J connectivity index is 2.21. The van der Waals surface area contributed by atoms with E-state index in [1.54, 1.807) is 0 Å². The number of thiophene rings is 1. The van der Waals surface area contributed by atoms with Crippen molar-refractivity contribution >= 4 is 17.3 Å². The van der Waals surface area contributed by atoms with E-state index in [-0.39, 0.29) is 0 Å². The molecule has 1 N–H and O–H groups in total. The fourth-order valence-electron chi connectivity index (χ4n) is 2.53. The van der Waals surface area contributed by atoms with Crippen LogP contribution in [0.3, 0.4) is 0 Å². The molecule has 1 fully saturated rings. The molecule has 82 valence electrons. The van der Waals surface area contributed by atoms with Crippen LogP contribution in [0.2, 0.25) is 0 Å². The minimum Gasteiger partial charge on any atom is -0.477 e. The highest BCUT2D eigenvalue weighted by molar-refractivity contribution is 7.12. The summed E-state index contributed by atoms with van der Waals surface area (Å²) >= 11 is 1.35. The zero-order chi connectivity index (χ0) is 10.8. The number of carboxylic acid groups (broad SMARTS) is 1. The molecule has 1 aliphatic rings. The Labute approximate surface area is 93.9 Å². The van der Waals surface area contributed by atoms with Crippen LogP contribution in [0.1, 0.15) is 53.8 Å². The minimum absolute atomic E-state index is 0.478. The van der Waals surface area contributed by atoms with Gasteiger partial charge in [-0.15, -0.1) is 11.3 Å². The van der Waals surface area contributed by atoms with E-state index in [2.05, 4.69) is 6.92 Å². The molecule has 1 aliphatic carbocycles. The van der Waals surface area contributed by atoms with Crippen molar-refractivity contribution in [3.05, 3.63) is 21.9 Å². The summed E-state index contributed by atoms with van der Waals surface area (Å²) < 4.78 is 0. The van der Waals surface area contributed by atoms with E-state index < -0.39 is 5.97 Å². The number of hydrogen-bond acceptors (Lipinski definition) is 2. The van der Waals surface area contributed by atoms with Gasteiger partial charge in [0.15, 0.2) is 0 Å². The molecule has 2 atom stereocenters. The Bertz CT molecular complexity index is 356. The van der Waals surface area contributed by atoms with Gasteiger partial charge < -0.3 is 5.11 Å². The summed E-state index contributed by atoms with van der Waals surface area (Å²) in [5.74, 6) is 0.453. The molecule has 2 unspecified atom stereocenters. The summed E-state index contributed by atoms with van der Waals surface area (Å²) in [5.41, 5.74) is 1.07. The highest BCUT2D eigenvalue weighted by atomic mass is 32.1. The maximum atomic E-state index is 11.0. The van der Waals surface area contributed by atoms with Gasteiger partial charge in [0.25, 0.3) is 0 Å². The molecule has 2 rings (SSSR count). The van der Waals surface area contributed by atoms with Crippen LogP contribution in [0.5, 0.6) is 0 Å². The molecule has 1 aromatic heterocycles. The maximum Gasteiger partial charge on any atom is 0.346 e. The number of hydrogen-bond donors (Lipinski definition) is 1. The molecule has 15 heavy (non-hydrogen) atoms. The van der Waals surface area contributed by atoms with E-state index >= 15 is 0 Å². The van der Waals surface area contributed by atoms with Crippen molar-refractivity contribution in [2.24, 2.45) is 5.92 Å². The van der Waals surface area contributed by atoms with Crippen LogP contribution in [0, 0.1) is 5.92 Å². The average Bonchev–Trinajstić information content (AvgIpc) is 2.65. The monoisotopic (exact) mass is 224 g/mol. The van der Waals surface area contributed by atoms with Gasteiger partial charge in [-0.2, -0.15) is 0 Å². The molecule has 1 saturated carbocycles. The van der Waals surface area contributed by atoms with Gasteiger partial charge in [-0.1, -0.05) is 19.8 Å². The molecule has 0 aromatic carbocycles. The molecule has 2 nitrogen and oxygen atoms in total. The zero-order valence-electron chi connectivity index (χ0n) is 8.90. The first-order valence-electron chi connectivity index (χ1n) is 5.49. The Kier molecular flexibility index (Phi) is 3.10. The Morgan fingerprint density at radius 1 is 1.53 bits per heavy atom. The van der Waals surface area contributed by atoms with Crippen LogP contribution in [0.4, 0.5) is 0 Å². The summed E-state index contributed by atoms with van der Waals surface area (Å²) in [6.07, 6.45) is 4.84. The molecular weight excluding hydrogens is 208 g/mol. The highest BCUT2D eigenvalue weighted by Gasteiger charge is 2.24. The number of aromatic carboxylic acids is 1. The largest absolute Gasteiger partial charge is 0.477 e. The normalized spacial score (nSPS) is 26.5. The van der Waals surface area contributed by atoms with E-state index in [0.29, 0.717) is 10.8 Å². The Morgan fingerprint density at radius 2 is 2.33 bits per heavy atom. The predicted octanol–water partition coefficient (Wildman–Crippen LogP) is 3.74. The van der Waals surface area contributed by atoms with E-state index in [1.807, 2.05) is 11.4 Å². The van der Waals surface area contributed by atoms with E-state index in [0.717, 1.165) is 24.3 Å². The standard InChI is InChI=1S/C12H16O2S/c1-8-3-2-4-9(7-8)10-5-6-15-11(10)12(13)14/h5-6,8-9H,2-4,7H2,1H3,(H,13,14). The lowest BCUT2D eigenvalue weighted by Crippen LogP contribution is -2.13. The lowest BCUT2D eigenvalue weighted by molar-refractivity contribution is 0.0700. The van der Waals surface area contributed by atoms with Crippen LogP contribution in [-0.4, -0.2) is 11.1 Å². The summed E-state index contributed by atoms with van der Waals surface area (Å²) in [6.45, 7) is 2.26. The van der Waals surface area contributed by atoms with E-state index in [1.165, 1.54) is 24.2 Å². The topological polar surface area (TPSA) is 37.3 Å². The Morgan fingerprint density at radius 3 is 3.00 bits per heavy atom. The van der Waals surface area contributed by atoms with Gasteiger partial charge in [0.05, 0.1) is 0 Å². The number of carboxylic acids is 1. The van der Waals surface area contributed by atoms with Gasteiger partial charge in [-0.05, 0) is 41.7 Å². The SMILES string of the molecule is CC1CCCC(c2ccsc2C(=O)O)C1. The van der Waals surface area contributed by atoms with Crippen molar-refractivity contribution in [2.45, 2.75) is 38.5 Å². The number of carbonyl (C=O) groups is 1. The molecule has 0 amide bonds. The van der Waals surface area contributed by atoms with Crippen molar-refractivity contribution in [3.63, 3.8) is 0 Å². The fourth-order valence-corrected chi connectivity index (χ4v) is 3.35. The van der Waals surface area contributed by atoms with Crippen molar-refractivity contribution < 1.29 is 9.90 Å². The third-order valence-electron chi connectivity index (χ3n) is 3.27. The molecule has 0 saturated heterocycles. The molecule has 0 spiro atoms. The first kappa shape index (κ1) is 10.7. The fraction of sp³-hybridized carbons (Fsp3) is 0.583. The third-order valence-corrected chi connectivity index (χ3v) is 4.18. The first-order chi connectivity index (χ1) is 7.18. The molecule has 0 radical (unpaired) electrons. The summed E-state index contributed by atoms with van der Waals surface area (Å²) in [4.78, 5) is 11.6. The lowest BCUT2D eigenvalue weighted by atomic mass is 9.79. The van der Waals surface area contributed by atoms with Crippen LogP contribution in [0.15, 0.2) is 11.4 Å². The average molecular weight is 224 g/mol. The smallest absolute Gasteiger partial charge is 0.346 e. The summed E-state index contributed by atoms with van der Waals surface area (Å²) in [6, 6.07) is 2.00. The van der Waals surface area contributed by atoms with Crippen molar-refractivity contribution in [1.29, 1.82) is 0 Å². The molecule has 1 aromatic rings. The summed E-state index contributed by atoms with van der Waals surface area (Å²) in [7, 11) is 0. The second-order valence-corrected chi connectivity index (χ2v) is 5.40. The zero-order valence-corrected chi connectivity index (χ0v) is 9.72. The Hall–Kier alpha value is -0.830. The van der Waals surface area contributed by atoms with Crippen LogP contribution >= 0.6 is 11.3 Å². The van der Waals surface area contributed by atoms with Gasteiger partial charge in [-0.25, -0.2) is 4.79 Å². The first-order valence-corrected chi connectivity index (χ1v) is 6.37. The predicted molar refractivity (Wildman–Crippen MR) is 61.7 cm³/mol. The van der Waals surface area contributed by atoms with Crippen LogP contribution in [0.25, 0.3) is 0 Å². The third kappa shape index (κ3) is 2.23. The molecule has 1 heterocycles.